The third-order valence-electron chi connectivity index (χ3n) is 2.85. The van der Waals surface area contributed by atoms with E-state index in [1.54, 1.807) is 0 Å². The molecule has 1 aliphatic carbocycles. The number of carbonyl (C=O) groups is 2. The van der Waals surface area contributed by atoms with E-state index in [0.717, 1.165) is 12.8 Å². The van der Waals surface area contributed by atoms with Gasteiger partial charge in [-0.2, -0.15) is 0 Å². The fourth-order valence-electron chi connectivity index (χ4n) is 1.87. The molecule has 1 aromatic carbocycles. The van der Waals surface area contributed by atoms with E-state index >= 15 is 0 Å². The Morgan fingerprint density at radius 2 is 1.94 bits per heavy atom. The number of carbonyl (C=O) groups excluding carboxylic acids is 2. The smallest absolute Gasteiger partial charge is 0.338 e. The highest BCUT2D eigenvalue weighted by atomic mass is 16.5. The van der Waals surface area contributed by atoms with Gasteiger partial charge in [0.05, 0.1) is 5.56 Å². The predicted octanol–water partition coefficient (Wildman–Crippen LogP) is 2.06. The molecule has 1 aliphatic rings. The number of aromatic hydroxyl groups is 1. The van der Waals surface area contributed by atoms with Gasteiger partial charge in [0.1, 0.15) is 5.75 Å². The van der Waals surface area contributed by atoms with Crippen LogP contribution in [0.15, 0.2) is 24.3 Å². The number of esters is 1. The molecule has 0 bridgehead atoms. The van der Waals surface area contributed by atoms with Crippen LogP contribution < -0.4 is 0 Å². The Labute approximate surface area is 99.2 Å². The normalized spacial score (nSPS) is 20.0. The lowest BCUT2D eigenvalue weighted by Gasteiger charge is -2.20. The van der Waals surface area contributed by atoms with Gasteiger partial charge in [-0.3, -0.25) is 4.79 Å². The summed E-state index contributed by atoms with van der Waals surface area (Å²) in [6.45, 7) is 0. The quantitative estimate of drug-likeness (QED) is 0.795. The molecule has 0 saturated heterocycles. The molecule has 0 spiro atoms. The molecule has 1 aromatic rings. The number of hydrogen-bond donors (Lipinski definition) is 1. The molecule has 0 unspecified atom stereocenters. The molecule has 0 radical (unpaired) electrons. The van der Waals surface area contributed by atoms with E-state index in [4.69, 9.17) is 9.84 Å². The zero-order valence-electron chi connectivity index (χ0n) is 9.39. The minimum absolute atomic E-state index is 0.00313. The Morgan fingerprint density at radius 3 is 2.59 bits per heavy atom. The summed E-state index contributed by atoms with van der Waals surface area (Å²) in [5, 5.41) is 9.10. The van der Waals surface area contributed by atoms with Crippen molar-refractivity contribution in [2.45, 2.75) is 31.8 Å². The first-order chi connectivity index (χ1) is 8.16. The first-order valence-corrected chi connectivity index (χ1v) is 5.69. The van der Waals surface area contributed by atoms with Crippen LogP contribution in [0.1, 0.15) is 36.0 Å². The van der Waals surface area contributed by atoms with Crippen molar-refractivity contribution in [3.8, 4) is 5.75 Å². The SMILES string of the molecule is O=C(O[C@H]1CCCCC1=O)c1ccc(O)cc1. The molecule has 2 rings (SSSR count). The Kier molecular flexibility index (Phi) is 3.42. The minimum Gasteiger partial charge on any atom is -0.508 e. The first kappa shape index (κ1) is 11.6. The van der Waals surface area contributed by atoms with Crippen molar-refractivity contribution in [2.24, 2.45) is 0 Å². The molecule has 0 amide bonds. The number of ketones is 1. The van der Waals surface area contributed by atoms with E-state index < -0.39 is 12.1 Å². The molecule has 17 heavy (non-hydrogen) atoms. The van der Waals surface area contributed by atoms with Crippen LogP contribution >= 0.6 is 0 Å². The number of ether oxygens (including phenoxy) is 1. The average Bonchev–Trinajstić information content (AvgIpc) is 2.33. The van der Waals surface area contributed by atoms with Gasteiger partial charge in [0.2, 0.25) is 0 Å². The molecule has 1 fully saturated rings. The summed E-state index contributed by atoms with van der Waals surface area (Å²) in [6.07, 6.45) is 2.31. The van der Waals surface area contributed by atoms with Crippen molar-refractivity contribution in [1.29, 1.82) is 0 Å². The second-order valence-corrected chi connectivity index (χ2v) is 4.15. The Morgan fingerprint density at radius 1 is 1.24 bits per heavy atom. The van der Waals surface area contributed by atoms with Gasteiger partial charge in [0.25, 0.3) is 0 Å². The number of rotatable bonds is 2. The van der Waals surface area contributed by atoms with Crippen molar-refractivity contribution in [1.82, 2.24) is 0 Å². The molecule has 0 aromatic heterocycles. The van der Waals surface area contributed by atoms with Gasteiger partial charge < -0.3 is 9.84 Å². The molecule has 1 atom stereocenters. The van der Waals surface area contributed by atoms with Crippen LogP contribution in [0.5, 0.6) is 5.75 Å². The van der Waals surface area contributed by atoms with Crippen LogP contribution in [0, 0.1) is 0 Å². The maximum Gasteiger partial charge on any atom is 0.338 e. The maximum absolute atomic E-state index is 11.7. The van der Waals surface area contributed by atoms with E-state index in [1.807, 2.05) is 0 Å². The van der Waals surface area contributed by atoms with Gasteiger partial charge in [-0.15, -0.1) is 0 Å². The summed E-state index contributed by atoms with van der Waals surface area (Å²) in [5.41, 5.74) is 0.348. The van der Waals surface area contributed by atoms with E-state index in [0.29, 0.717) is 18.4 Å². The zero-order valence-corrected chi connectivity index (χ0v) is 9.39. The fraction of sp³-hybridized carbons (Fsp3) is 0.385. The van der Waals surface area contributed by atoms with Crippen molar-refractivity contribution in [2.75, 3.05) is 0 Å². The largest absolute Gasteiger partial charge is 0.508 e. The summed E-state index contributed by atoms with van der Waals surface area (Å²) in [6, 6.07) is 5.79. The van der Waals surface area contributed by atoms with E-state index in [-0.39, 0.29) is 11.5 Å². The van der Waals surface area contributed by atoms with Gasteiger partial charge in [0.15, 0.2) is 11.9 Å². The summed E-state index contributed by atoms with van der Waals surface area (Å²) in [4.78, 5) is 23.2. The number of Topliss-reactive ketones (excluding diaryl/α,β-unsaturated/α-hetero) is 1. The van der Waals surface area contributed by atoms with Crippen molar-refractivity contribution < 1.29 is 19.4 Å². The molecule has 1 N–H and O–H groups in total. The summed E-state index contributed by atoms with van der Waals surface area (Å²) < 4.78 is 5.16. The lowest BCUT2D eigenvalue weighted by atomic mass is 9.96. The van der Waals surface area contributed by atoms with Gasteiger partial charge in [-0.05, 0) is 43.5 Å². The molecule has 0 heterocycles. The maximum atomic E-state index is 11.7. The molecular formula is C13H14O4. The predicted molar refractivity (Wildman–Crippen MR) is 60.8 cm³/mol. The zero-order chi connectivity index (χ0) is 12.3. The third kappa shape index (κ3) is 2.84. The van der Waals surface area contributed by atoms with Gasteiger partial charge in [-0.25, -0.2) is 4.79 Å². The molecule has 90 valence electrons. The first-order valence-electron chi connectivity index (χ1n) is 5.69. The Balaban J connectivity index is 2.01. The van der Waals surface area contributed by atoms with Gasteiger partial charge in [-0.1, -0.05) is 0 Å². The van der Waals surface area contributed by atoms with Crippen LogP contribution in [-0.4, -0.2) is 23.0 Å². The van der Waals surface area contributed by atoms with E-state index in [2.05, 4.69) is 0 Å². The summed E-state index contributed by atoms with van der Waals surface area (Å²) in [5.74, 6) is -0.413. The van der Waals surface area contributed by atoms with E-state index in [9.17, 15) is 9.59 Å². The average molecular weight is 234 g/mol. The topological polar surface area (TPSA) is 63.6 Å². The van der Waals surface area contributed by atoms with Crippen LogP contribution in [0.4, 0.5) is 0 Å². The lowest BCUT2D eigenvalue weighted by molar-refractivity contribution is -0.129. The molecule has 0 aliphatic heterocycles. The van der Waals surface area contributed by atoms with Crippen LogP contribution in [0.3, 0.4) is 0 Å². The van der Waals surface area contributed by atoms with Gasteiger partial charge in [0, 0.05) is 6.42 Å². The molecule has 4 nitrogen and oxygen atoms in total. The third-order valence-corrected chi connectivity index (χ3v) is 2.85. The number of phenols is 1. The molecular weight excluding hydrogens is 220 g/mol. The lowest BCUT2D eigenvalue weighted by Crippen LogP contribution is -2.30. The van der Waals surface area contributed by atoms with Crippen molar-refractivity contribution in [3.63, 3.8) is 0 Å². The Bertz CT molecular complexity index is 422. The highest BCUT2D eigenvalue weighted by Crippen LogP contribution is 2.19. The van der Waals surface area contributed by atoms with Gasteiger partial charge >= 0.3 is 5.97 Å². The number of hydrogen-bond acceptors (Lipinski definition) is 4. The molecule has 1 saturated carbocycles. The van der Waals surface area contributed by atoms with Crippen LogP contribution in [-0.2, 0) is 9.53 Å². The minimum atomic E-state index is -0.593. The van der Waals surface area contributed by atoms with Crippen LogP contribution in [0.2, 0.25) is 0 Å². The Hall–Kier alpha value is -1.84. The second kappa shape index (κ2) is 4.99. The highest BCUT2D eigenvalue weighted by molar-refractivity contribution is 5.93. The van der Waals surface area contributed by atoms with Crippen LogP contribution in [0.25, 0.3) is 0 Å². The number of benzene rings is 1. The van der Waals surface area contributed by atoms with Crippen molar-refractivity contribution >= 4 is 11.8 Å². The summed E-state index contributed by atoms with van der Waals surface area (Å²) >= 11 is 0. The molecule has 4 heteroatoms. The number of phenolic OH excluding ortho intramolecular Hbond substituents is 1. The van der Waals surface area contributed by atoms with E-state index in [1.165, 1.54) is 24.3 Å². The van der Waals surface area contributed by atoms with Crippen molar-refractivity contribution in [3.05, 3.63) is 29.8 Å². The standard InChI is InChI=1S/C13H14O4/c14-10-7-5-9(6-8-10)13(16)17-12-4-2-1-3-11(12)15/h5-8,12,14H,1-4H2/t12-/m0/s1. The second-order valence-electron chi connectivity index (χ2n) is 4.15. The highest BCUT2D eigenvalue weighted by Gasteiger charge is 2.26. The fourth-order valence-corrected chi connectivity index (χ4v) is 1.87. The monoisotopic (exact) mass is 234 g/mol. The summed E-state index contributed by atoms with van der Waals surface area (Å²) in [7, 11) is 0.